The van der Waals surface area contributed by atoms with E-state index in [0.29, 0.717) is 13.0 Å². The average molecular weight is 301 g/mol. The van der Waals surface area contributed by atoms with Gasteiger partial charge in [0.15, 0.2) is 11.6 Å². The summed E-state index contributed by atoms with van der Waals surface area (Å²) in [5, 5.41) is 9.85. The molecule has 0 aliphatic heterocycles. The number of pyridine rings is 2. The van der Waals surface area contributed by atoms with E-state index in [1.807, 2.05) is 18.2 Å². The van der Waals surface area contributed by atoms with Crippen molar-refractivity contribution in [2.24, 2.45) is 0 Å². The van der Waals surface area contributed by atoms with Crippen molar-refractivity contribution in [1.29, 1.82) is 0 Å². The molecule has 0 radical (unpaired) electrons. The summed E-state index contributed by atoms with van der Waals surface area (Å²) < 4.78 is 26.8. The van der Waals surface area contributed by atoms with Crippen LogP contribution in [0.15, 0.2) is 43.0 Å². The minimum absolute atomic E-state index is 0.163. The smallest absolute Gasteiger partial charge is 0.167 e. The molecule has 0 fully saturated rings. The van der Waals surface area contributed by atoms with Crippen LogP contribution in [0.5, 0.6) is 0 Å². The topological polar surface area (TPSA) is 66.5 Å². The van der Waals surface area contributed by atoms with Crippen molar-refractivity contribution in [3.8, 4) is 11.3 Å². The second kappa shape index (κ2) is 6.30. The van der Waals surface area contributed by atoms with Gasteiger partial charge in [0.2, 0.25) is 0 Å². The molecular weight excluding hydrogens is 288 g/mol. The molecule has 7 heteroatoms. The lowest BCUT2D eigenvalue weighted by Gasteiger charge is -2.06. The van der Waals surface area contributed by atoms with Crippen molar-refractivity contribution in [3.05, 3.63) is 60.3 Å². The zero-order valence-electron chi connectivity index (χ0n) is 11.6. The highest BCUT2D eigenvalue weighted by atomic mass is 19.1. The Labute approximate surface area is 125 Å². The molecule has 0 aromatic carbocycles. The number of H-pyrrole nitrogens is 1. The third-order valence-electron chi connectivity index (χ3n) is 3.16. The lowest BCUT2D eigenvalue weighted by atomic mass is 10.2. The summed E-state index contributed by atoms with van der Waals surface area (Å²) in [6, 6.07) is 5.62. The molecule has 0 aliphatic rings. The van der Waals surface area contributed by atoms with Crippen LogP contribution < -0.4 is 5.32 Å². The van der Waals surface area contributed by atoms with Gasteiger partial charge in [0.05, 0.1) is 18.1 Å². The summed E-state index contributed by atoms with van der Waals surface area (Å²) in [6.07, 6.45) is 5.89. The van der Waals surface area contributed by atoms with E-state index in [0.717, 1.165) is 29.3 Å². The van der Waals surface area contributed by atoms with Crippen molar-refractivity contribution in [2.75, 3.05) is 11.9 Å². The number of halogens is 2. The second-order valence-corrected chi connectivity index (χ2v) is 4.67. The van der Waals surface area contributed by atoms with Gasteiger partial charge in [-0.05, 0) is 18.2 Å². The maximum absolute atomic E-state index is 13.4. The first-order chi connectivity index (χ1) is 10.7. The van der Waals surface area contributed by atoms with Crippen LogP contribution in [0.1, 0.15) is 5.69 Å². The summed E-state index contributed by atoms with van der Waals surface area (Å²) in [6.45, 7) is 0.371. The van der Waals surface area contributed by atoms with Gasteiger partial charge in [0.1, 0.15) is 5.69 Å². The highest BCUT2D eigenvalue weighted by Crippen LogP contribution is 2.18. The molecule has 3 aromatic rings. The molecule has 0 aliphatic carbocycles. The third-order valence-corrected chi connectivity index (χ3v) is 3.16. The summed E-state index contributed by atoms with van der Waals surface area (Å²) in [4.78, 5) is 7.39. The first-order valence-electron chi connectivity index (χ1n) is 6.71. The van der Waals surface area contributed by atoms with Crippen LogP contribution in [-0.2, 0) is 6.42 Å². The first kappa shape index (κ1) is 14.1. The molecule has 112 valence electrons. The molecular formula is C15H13F2N5. The molecule has 22 heavy (non-hydrogen) atoms. The van der Waals surface area contributed by atoms with Crippen LogP contribution in [0.3, 0.4) is 0 Å². The molecule has 5 nitrogen and oxygen atoms in total. The van der Waals surface area contributed by atoms with Crippen LogP contribution in [0.25, 0.3) is 11.3 Å². The number of rotatable bonds is 5. The van der Waals surface area contributed by atoms with Gasteiger partial charge in [0.25, 0.3) is 0 Å². The predicted molar refractivity (Wildman–Crippen MR) is 78.2 cm³/mol. The van der Waals surface area contributed by atoms with E-state index in [4.69, 9.17) is 0 Å². The SMILES string of the molecule is Fc1cncc(F)c1NCCc1cc(-c2ccncc2)n[nH]1. The highest BCUT2D eigenvalue weighted by Gasteiger charge is 2.09. The lowest BCUT2D eigenvalue weighted by Crippen LogP contribution is -2.08. The Bertz CT molecular complexity index is 737. The Morgan fingerprint density at radius 3 is 2.50 bits per heavy atom. The average Bonchev–Trinajstić information content (AvgIpc) is 3.00. The van der Waals surface area contributed by atoms with Crippen molar-refractivity contribution >= 4 is 5.69 Å². The molecule has 0 saturated heterocycles. The fourth-order valence-corrected chi connectivity index (χ4v) is 2.06. The van der Waals surface area contributed by atoms with Crippen LogP contribution in [0.2, 0.25) is 0 Å². The summed E-state index contributed by atoms with van der Waals surface area (Å²) >= 11 is 0. The standard InChI is InChI=1S/C15H13F2N5/c16-12-8-19-9-13(17)15(12)20-6-3-11-7-14(22-21-11)10-1-4-18-5-2-10/h1-2,4-5,7-9H,3,6H2,(H,19,20)(H,21,22). The minimum Gasteiger partial charge on any atom is -0.380 e. The Kier molecular flexibility index (Phi) is 4.04. The fraction of sp³-hybridized carbons (Fsp3) is 0.133. The molecule has 3 rings (SSSR count). The van der Waals surface area contributed by atoms with E-state index in [1.54, 1.807) is 12.4 Å². The van der Waals surface area contributed by atoms with E-state index >= 15 is 0 Å². The van der Waals surface area contributed by atoms with Gasteiger partial charge < -0.3 is 5.32 Å². The second-order valence-electron chi connectivity index (χ2n) is 4.67. The number of hydrogen-bond acceptors (Lipinski definition) is 4. The number of nitrogens with one attached hydrogen (secondary N) is 2. The van der Waals surface area contributed by atoms with E-state index < -0.39 is 11.6 Å². The zero-order chi connectivity index (χ0) is 15.4. The third kappa shape index (κ3) is 3.08. The van der Waals surface area contributed by atoms with Crippen molar-refractivity contribution in [2.45, 2.75) is 6.42 Å². The fourth-order valence-electron chi connectivity index (χ4n) is 2.06. The van der Waals surface area contributed by atoms with Crippen molar-refractivity contribution in [3.63, 3.8) is 0 Å². The molecule has 3 heterocycles. The monoisotopic (exact) mass is 301 g/mol. The molecule has 0 unspecified atom stereocenters. The van der Waals surface area contributed by atoms with Gasteiger partial charge in [-0.2, -0.15) is 5.10 Å². The van der Waals surface area contributed by atoms with Gasteiger partial charge in [-0.3, -0.25) is 15.1 Å². The van der Waals surface area contributed by atoms with Gasteiger partial charge in [0, 0.05) is 36.6 Å². The number of nitrogens with zero attached hydrogens (tertiary/aromatic N) is 3. The van der Waals surface area contributed by atoms with E-state index in [2.05, 4.69) is 25.5 Å². The van der Waals surface area contributed by atoms with Gasteiger partial charge >= 0.3 is 0 Å². The number of hydrogen-bond donors (Lipinski definition) is 2. The van der Waals surface area contributed by atoms with E-state index in [9.17, 15) is 8.78 Å². The Hall–Kier alpha value is -2.83. The molecule has 0 bridgehead atoms. The summed E-state index contributed by atoms with van der Waals surface area (Å²) in [5.74, 6) is -1.41. The van der Waals surface area contributed by atoms with Gasteiger partial charge in [-0.15, -0.1) is 0 Å². The Balaban J connectivity index is 1.62. The molecule has 0 spiro atoms. The van der Waals surface area contributed by atoms with E-state index in [1.165, 1.54) is 0 Å². The van der Waals surface area contributed by atoms with Gasteiger partial charge in [-0.25, -0.2) is 8.78 Å². The Morgan fingerprint density at radius 1 is 1.05 bits per heavy atom. The minimum atomic E-state index is -0.706. The Morgan fingerprint density at radius 2 is 1.77 bits per heavy atom. The number of anilines is 1. The maximum atomic E-state index is 13.4. The molecule has 0 saturated carbocycles. The molecule has 0 atom stereocenters. The van der Waals surface area contributed by atoms with E-state index in [-0.39, 0.29) is 5.69 Å². The van der Waals surface area contributed by atoms with Gasteiger partial charge in [-0.1, -0.05) is 0 Å². The normalized spacial score (nSPS) is 10.6. The quantitative estimate of drug-likeness (QED) is 0.760. The molecule has 3 aromatic heterocycles. The number of aromatic amines is 1. The number of aromatic nitrogens is 4. The van der Waals surface area contributed by atoms with Crippen LogP contribution in [0, 0.1) is 11.6 Å². The maximum Gasteiger partial charge on any atom is 0.167 e. The summed E-state index contributed by atoms with van der Waals surface area (Å²) in [5.41, 5.74) is 2.47. The molecule has 0 amide bonds. The van der Waals surface area contributed by atoms with Crippen LogP contribution >= 0.6 is 0 Å². The first-order valence-corrected chi connectivity index (χ1v) is 6.71. The van der Waals surface area contributed by atoms with Crippen molar-refractivity contribution < 1.29 is 8.78 Å². The zero-order valence-corrected chi connectivity index (χ0v) is 11.6. The lowest BCUT2D eigenvalue weighted by molar-refractivity contribution is 0.578. The predicted octanol–water partition coefficient (Wildman–Crippen LogP) is 2.80. The van der Waals surface area contributed by atoms with Crippen LogP contribution in [-0.4, -0.2) is 26.7 Å². The highest BCUT2D eigenvalue weighted by molar-refractivity contribution is 5.58. The largest absolute Gasteiger partial charge is 0.380 e. The molecule has 2 N–H and O–H groups in total. The van der Waals surface area contributed by atoms with Crippen molar-refractivity contribution in [1.82, 2.24) is 20.2 Å². The van der Waals surface area contributed by atoms with Crippen LogP contribution in [0.4, 0.5) is 14.5 Å². The summed E-state index contributed by atoms with van der Waals surface area (Å²) in [7, 11) is 0.